The minimum atomic E-state index is -0.253. The summed E-state index contributed by atoms with van der Waals surface area (Å²) in [6.45, 7) is 11.4. The van der Waals surface area contributed by atoms with Crippen LogP contribution in [0.2, 0.25) is 0 Å². The summed E-state index contributed by atoms with van der Waals surface area (Å²) in [7, 11) is 3.48. The number of ether oxygens (including phenoxy) is 1. The fourth-order valence-electron chi connectivity index (χ4n) is 6.56. The Morgan fingerprint density at radius 3 is 2.43 bits per heavy atom. The maximum Gasteiger partial charge on any atom is 0.322 e. The summed E-state index contributed by atoms with van der Waals surface area (Å²) in [6.07, 6.45) is 0. The molecule has 2 fully saturated rings. The van der Waals surface area contributed by atoms with E-state index in [4.69, 9.17) is 9.84 Å². The molecule has 4 heterocycles. The Morgan fingerprint density at radius 2 is 1.80 bits per heavy atom. The number of carbonyl (C=O) groups is 3. The number of benzene rings is 2. The zero-order valence-electron chi connectivity index (χ0n) is 27.3. The number of morpholine rings is 1. The largest absolute Gasteiger partial charge is 0.369 e. The van der Waals surface area contributed by atoms with E-state index in [0.717, 1.165) is 42.1 Å². The molecule has 2 aromatic carbocycles. The predicted molar refractivity (Wildman–Crippen MR) is 176 cm³/mol. The van der Waals surface area contributed by atoms with Gasteiger partial charge in [0.25, 0.3) is 11.8 Å². The number of hydrogen-bond acceptors (Lipinski definition) is 7. The zero-order valence-corrected chi connectivity index (χ0v) is 27.3. The van der Waals surface area contributed by atoms with E-state index in [1.54, 1.807) is 23.9 Å². The van der Waals surface area contributed by atoms with Crippen molar-refractivity contribution in [3.8, 4) is 0 Å². The molecular weight excluding hydrogens is 584 g/mol. The molecule has 6 rings (SSSR count). The van der Waals surface area contributed by atoms with E-state index in [9.17, 15) is 14.4 Å². The van der Waals surface area contributed by atoms with Crippen LogP contribution in [-0.4, -0.2) is 96.5 Å². The lowest BCUT2D eigenvalue weighted by Crippen LogP contribution is -2.71. The molecule has 1 spiro atoms. The first kappa shape index (κ1) is 31.6. The molecule has 3 aliphatic heterocycles. The molecule has 244 valence electrons. The van der Waals surface area contributed by atoms with E-state index in [2.05, 4.69) is 41.6 Å². The van der Waals surface area contributed by atoms with Crippen LogP contribution in [0.3, 0.4) is 0 Å². The maximum absolute atomic E-state index is 13.6. The molecule has 4 amide bonds. The lowest BCUT2D eigenvalue weighted by molar-refractivity contribution is -0.138. The first-order valence-electron chi connectivity index (χ1n) is 16.0. The summed E-state index contributed by atoms with van der Waals surface area (Å²) in [5.74, 6) is -0.107. The van der Waals surface area contributed by atoms with Gasteiger partial charge in [0.1, 0.15) is 5.60 Å². The molecule has 12 heteroatoms. The summed E-state index contributed by atoms with van der Waals surface area (Å²) in [6, 6.07) is 15.1. The molecule has 0 radical (unpaired) electrons. The van der Waals surface area contributed by atoms with Crippen LogP contribution in [0.15, 0.2) is 48.5 Å². The van der Waals surface area contributed by atoms with E-state index in [1.165, 1.54) is 0 Å². The van der Waals surface area contributed by atoms with Crippen LogP contribution in [0.5, 0.6) is 0 Å². The molecule has 3 aliphatic rings. The van der Waals surface area contributed by atoms with Crippen molar-refractivity contribution in [2.75, 3.05) is 63.6 Å². The second-order valence-corrected chi connectivity index (χ2v) is 13.2. The van der Waals surface area contributed by atoms with Crippen LogP contribution in [-0.2, 0) is 17.8 Å². The fourth-order valence-corrected chi connectivity index (χ4v) is 6.56. The van der Waals surface area contributed by atoms with Gasteiger partial charge in [-0.25, -0.2) is 4.79 Å². The van der Waals surface area contributed by atoms with Crippen LogP contribution in [0.1, 0.15) is 70.4 Å². The predicted octanol–water partition coefficient (Wildman–Crippen LogP) is 3.43. The summed E-state index contributed by atoms with van der Waals surface area (Å²) in [4.78, 5) is 44.2. The van der Waals surface area contributed by atoms with Gasteiger partial charge >= 0.3 is 6.03 Å². The number of hydrogen-bond donors (Lipinski definition) is 3. The maximum atomic E-state index is 13.6. The third kappa shape index (κ3) is 6.32. The topological polar surface area (TPSA) is 124 Å². The Hall–Kier alpha value is -4.42. The van der Waals surface area contributed by atoms with Crippen molar-refractivity contribution in [1.82, 2.24) is 30.2 Å². The van der Waals surface area contributed by atoms with Gasteiger partial charge in [-0.2, -0.15) is 5.10 Å². The van der Waals surface area contributed by atoms with Crippen molar-refractivity contribution >= 4 is 29.2 Å². The third-order valence-corrected chi connectivity index (χ3v) is 8.99. The summed E-state index contributed by atoms with van der Waals surface area (Å²) >= 11 is 0. The zero-order chi connectivity index (χ0) is 32.6. The Bertz CT molecular complexity index is 1580. The molecular formula is C34H44N8O4. The van der Waals surface area contributed by atoms with Crippen molar-refractivity contribution in [2.24, 2.45) is 0 Å². The van der Waals surface area contributed by atoms with Gasteiger partial charge in [0.05, 0.1) is 19.7 Å². The van der Waals surface area contributed by atoms with Gasteiger partial charge in [-0.3, -0.25) is 14.3 Å². The van der Waals surface area contributed by atoms with Gasteiger partial charge < -0.3 is 35.4 Å². The molecule has 2 saturated heterocycles. The molecule has 0 bridgehead atoms. The Labute approximate surface area is 270 Å². The molecule has 12 nitrogen and oxygen atoms in total. The highest BCUT2D eigenvalue weighted by Gasteiger charge is 2.47. The first-order chi connectivity index (χ1) is 22.0. The molecule has 1 aromatic heterocycles. The van der Waals surface area contributed by atoms with Crippen molar-refractivity contribution in [1.29, 1.82) is 0 Å². The van der Waals surface area contributed by atoms with Gasteiger partial charge in [-0.1, -0.05) is 19.1 Å². The Morgan fingerprint density at radius 1 is 1.09 bits per heavy atom. The highest BCUT2D eigenvalue weighted by atomic mass is 16.5. The Kier molecular flexibility index (Phi) is 8.75. The summed E-state index contributed by atoms with van der Waals surface area (Å²) in [5, 5.41) is 14.2. The normalized spacial score (nSPS) is 18.6. The number of rotatable bonds is 7. The molecule has 46 heavy (non-hydrogen) atoms. The molecule has 1 atom stereocenters. The number of fused-ring (bicyclic) bond motifs is 1. The molecule has 0 saturated carbocycles. The number of anilines is 2. The number of urea groups is 1. The fraction of sp³-hybridized carbons (Fsp3) is 0.471. The summed E-state index contributed by atoms with van der Waals surface area (Å²) in [5.41, 5.74) is 5.45. The van der Waals surface area contributed by atoms with Gasteiger partial charge in [0, 0.05) is 87.0 Å². The van der Waals surface area contributed by atoms with E-state index in [0.29, 0.717) is 49.7 Å². The summed E-state index contributed by atoms with van der Waals surface area (Å²) < 4.78 is 7.86. The smallest absolute Gasteiger partial charge is 0.322 e. The van der Waals surface area contributed by atoms with Crippen LogP contribution in [0.25, 0.3) is 0 Å². The van der Waals surface area contributed by atoms with Crippen molar-refractivity contribution < 1.29 is 19.1 Å². The Balaban J connectivity index is 1.09. The van der Waals surface area contributed by atoms with Gasteiger partial charge in [-0.05, 0) is 55.8 Å². The third-order valence-electron chi connectivity index (χ3n) is 8.99. The molecule has 0 aliphatic carbocycles. The molecule has 3 aromatic rings. The number of likely N-dealkylation sites (tertiary alicyclic amines) is 1. The second kappa shape index (κ2) is 12.8. The average Bonchev–Trinajstić information content (AvgIpc) is 3.44. The average molecular weight is 629 g/mol. The first-order valence-corrected chi connectivity index (χ1v) is 16.0. The number of aromatic nitrogens is 2. The number of nitrogens with one attached hydrogen (secondary N) is 3. The monoisotopic (exact) mass is 628 g/mol. The van der Waals surface area contributed by atoms with E-state index in [-0.39, 0.29) is 35.4 Å². The number of amides is 4. The van der Waals surface area contributed by atoms with Crippen molar-refractivity contribution in [2.45, 2.75) is 51.4 Å². The standard InChI is InChI=1S/C34H44N8O4/c1-22(2)42-30-23(3)17-40(27-12-8-25(9-13-27)32(44)39(4)5)18-28(30)29(38-42)31(43)36-16-24-6-10-26(11-7-24)37-33(45)41-20-34(21-41)19-35-14-15-46-34/h6-13,22-23,35H,14-21H2,1-5H3,(H,36,43)(H,37,45)/t23-/m0/s1. The number of nitrogens with zero attached hydrogens (tertiary/aromatic N) is 5. The van der Waals surface area contributed by atoms with E-state index < -0.39 is 0 Å². The van der Waals surface area contributed by atoms with Crippen LogP contribution >= 0.6 is 0 Å². The number of carbonyl (C=O) groups excluding carboxylic acids is 3. The van der Waals surface area contributed by atoms with E-state index in [1.807, 2.05) is 53.2 Å². The van der Waals surface area contributed by atoms with Crippen molar-refractivity contribution in [3.63, 3.8) is 0 Å². The van der Waals surface area contributed by atoms with E-state index >= 15 is 0 Å². The second-order valence-electron chi connectivity index (χ2n) is 13.2. The minimum absolute atomic E-state index is 0.0371. The van der Waals surface area contributed by atoms with Crippen LogP contribution < -0.4 is 20.9 Å². The van der Waals surface area contributed by atoms with Crippen LogP contribution in [0, 0.1) is 0 Å². The van der Waals surface area contributed by atoms with Gasteiger partial charge in [0.2, 0.25) is 0 Å². The highest BCUT2D eigenvalue weighted by molar-refractivity contribution is 5.95. The lowest BCUT2D eigenvalue weighted by atomic mass is 9.93. The van der Waals surface area contributed by atoms with Gasteiger partial charge in [0.15, 0.2) is 5.69 Å². The lowest BCUT2D eigenvalue weighted by Gasteiger charge is -2.51. The van der Waals surface area contributed by atoms with Gasteiger partial charge in [-0.15, -0.1) is 0 Å². The quantitative estimate of drug-likeness (QED) is 0.366. The van der Waals surface area contributed by atoms with Crippen LogP contribution in [0.4, 0.5) is 16.2 Å². The van der Waals surface area contributed by atoms with Crippen molar-refractivity contribution in [3.05, 3.63) is 76.6 Å². The minimum Gasteiger partial charge on any atom is -0.369 e. The SMILES string of the molecule is CC(C)n1nc(C(=O)NCc2ccc(NC(=O)N3CC4(CNCCO4)C3)cc2)c2c1[C@@H](C)CN(c1ccc(C(=O)N(C)C)cc1)C2. The molecule has 0 unspecified atom stereocenters. The highest BCUT2D eigenvalue weighted by Crippen LogP contribution is 2.35. The molecule has 3 N–H and O–H groups in total.